The van der Waals surface area contributed by atoms with Gasteiger partial charge in [-0.05, 0) is 19.3 Å². The molecule has 16 heavy (non-hydrogen) atoms. The van der Waals surface area contributed by atoms with E-state index in [1.165, 1.54) is 12.8 Å². The van der Waals surface area contributed by atoms with Crippen molar-refractivity contribution in [3.63, 3.8) is 0 Å². The molecular weight excluding hydrogens is 202 g/mol. The van der Waals surface area contributed by atoms with Crippen LogP contribution in [0.1, 0.15) is 52.4 Å². The third-order valence-corrected chi connectivity index (χ3v) is 3.53. The zero-order valence-corrected chi connectivity index (χ0v) is 10.6. The van der Waals surface area contributed by atoms with E-state index in [-0.39, 0.29) is 18.4 Å². The van der Waals surface area contributed by atoms with Crippen LogP contribution in [0.25, 0.3) is 0 Å². The van der Waals surface area contributed by atoms with Crippen molar-refractivity contribution < 1.29 is 9.90 Å². The molecule has 1 saturated carbocycles. The molecule has 1 unspecified atom stereocenters. The summed E-state index contributed by atoms with van der Waals surface area (Å²) in [4.78, 5) is 14.1. The molecule has 1 N–H and O–H groups in total. The lowest BCUT2D eigenvalue weighted by Crippen LogP contribution is -2.43. The van der Waals surface area contributed by atoms with Gasteiger partial charge in [0.2, 0.25) is 5.91 Å². The Labute approximate surface area is 98.8 Å². The van der Waals surface area contributed by atoms with Crippen LogP contribution >= 0.6 is 0 Å². The number of amides is 1. The van der Waals surface area contributed by atoms with Crippen molar-refractivity contribution in [2.24, 2.45) is 5.92 Å². The highest BCUT2D eigenvalue weighted by Crippen LogP contribution is 2.25. The number of aliphatic hydroxyl groups excluding tert-OH is 1. The molecule has 1 aliphatic rings. The monoisotopic (exact) mass is 227 g/mol. The number of hydrogen-bond donors (Lipinski definition) is 1. The number of carbonyl (C=O) groups is 1. The summed E-state index contributed by atoms with van der Waals surface area (Å²) in [5.74, 6) is 0.347. The predicted molar refractivity (Wildman–Crippen MR) is 65.1 cm³/mol. The molecule has 0 aromatic rings. The highest BCUT2D eigenvalue weighted by molar-refractivity contribution is 5.78. The molecule has 3 nitrogen and oxygen atoms in total. The average Bonchev–Trinajstić information content (AvgIpc) is 2.78. The first kappa shape index (κ1) is 13.5. The van der Waals surface area contributed by atoms with E-state index in [1.54, 1.807) is 0 Å². The van der Waals surface area contributed by atoms with Gasteiger partial charge < -0.3 is 10.0 Å². The van der Waals surface area contributed by atoms with Crippen LogP contribution in [0.15, 0.2) is 0 Å². The molecule has 3 heteroatoms. The van der Waals surface area contributed by atoms with Gasteiger partial charge in [0, 0.05) is 18.5 Å². The van der Waals surface area contributed by atoms with Crippen LogP contribution in [0.2, 0.25) is 0 Å². The summed E-state index contributed by atoms with van der Waals surface area (Å²) in [5.41, 5.74) is 0. The molecule has 1 aliphatic carbocycles. The predicted octanol–water partition coefficient (Wildman–Crippen LogP) is 2.19. The van der Waals surface area contributed by atoms with E-state index in [0.29, 0.717) is 12.6 Å². The SMILES string of the molecule is CCCC(C)C(=O)N(CCO)C1CCCC1. The Hall–Kier alpha value is -0.570. The summed E-state index contributed by atoms with van der Waals surface area (Å²) >= 11 is 0. The lowest BCUT2D eigenvalue weighted by atomic mass is 10.0. The number of hydrogen-bond acceptors (Lipinski definition) is 2. The van der Waals surface area contributed by atoms with Crippen molar-refractivity contribution in [3.8, 4) is 0 Å². The van der Waals surface area contributed by atoms with Gasteiger partial charge in [-0.25, -0.2) is 0 Å². The van der Waals surface area contributed by atoms with Gasteiger partial charge in [-0.1, -0.05) is 33.1 Å². The van der Waals surface area contributed by atoms with Crippen LogP contribution in [0.5, 0.6) is 0 Å². The normalized spacial score (nSPS) is 18.7. The van der Waals surface area contributed by atoms with E-state index in [2.05, 4.69) is 6.92 Å². The fourth-order valence-corrected chi connectivity index (χ4v) is 2.64. The summed E-state index contributed by atoms with van der Waals surface area (Å²) in [5, 5.41) is 9.06. The Kier molecular flexibility index (Phi) is 5.81. The van der Waals surface area contributed by atoms with Crippen LogP contribution < -0.4 is 0 Å². The fraction of sp³-hybridized carbons (Fsp3) is 0.923. The van der Waals surface area contributed by atoms with Crippen LogP contribution in [0, 0.1) is 5.92 Å². The lowest BCUT2D eigenvalue weighted by molar-refractivity contribution is -0.138. The summed E-state index contributed by atoms with van der Waals surface area (Å²) in [6, 6.07) is 0.388. The minimum Gasteiger partial charge on any atom is -0.395 e. The van der Waals surface area contributed by atoms with E-state index in [0.717, 1.165) is 25.7 Å². The second-order valence-electron chi connectivity index (χ2n) is 4.88. The Morgan fingerprint density at radius 2 is 2.06 bits per heavy atom. The standard InChI is InChI=1S/C13H25NO2/c1-3-6-11(2)13(16)14(9-10-15)12-7-4-5-8-12/h11-12,15H,3-10H2,1-2H3. The summed E-state index contributed by atoms with van der Waals surface area (Å²) in [6.45, 7) is 4.71. The zero-order chi connectivity index (χ0) is 12.0. The molecule has 94 valence electrons. The molecule has 1 amide bonds. The van der Waals surface area contributed by atoms with Gasteiger partial charge >= 0.3 is 0 Å². The fourth-order valence-electron chi connectivity index (χ4n) is 2.64. The average molecular weight is 227 g/mol. The second kappa shape index (κ2) is 6.89. The van der Waals surface area contributed by atoms with E-state index in [9.17, 15) is 4.79 Å². The van der Waals surface area contributed by atoms with Gasteiger partial charge in [-0.15, -0.1) is 0 Å². The van der Waals surface area contributed by atoms with Crippen molar-refractivity contribution in [1.82, 2.24) is 4.90 Å². The summed E-state index contributed by atoms with van der Waals surface area (Å²) < 4.78 is 0. The molecule has 0 bridgehead atoms. The Morgan fingerprint density at radius 3 is 2.56 bits per heavy atom. The molecule has 0 heterocycles. The van der Waals surface area contributed by atoms with Crippen LogP contribution in [-0.4, -0.2) is 35.1 Å². The minimum atomic E-state index is 0.0844. The molecule has 0 radical (unpaired) electrons. The van der Waals surface area contributed by atoms with Gasteiger partial charge in [0.15, 0.2) is 0 Å². The smallest absolute Gasteiger partial charge is 0.225 e. The second-order valence-corrected chi connectivity index (χ2v) is 4.88. The van der Waals surface area contributed by atoms with Gasteiger partial charge in [0.1, 0.15) is 0 Å². The lowest BCUT2D eigenvalue weighted by Gasteiger charge is -2.30. The maximum Gasteiger partial charge on any atom is 0.225 e. The van der Waals surface area contributed by atoms with E-state index >= 15 is 0 Å². The minimum absolute atomic E-state index is 0.0844. The first-order valence-corrected chi connectivity index (χ1v) is 6.62. The number of nitrogens with zero attached hydrogens (tertiary/aromatic N) is 1. The molecule has 0 saturated heterocycles. The van der Waals surface area contributed by atoms with Crippen molar-refractivity contribution in [2.75, 3.05) is 13.2 Å². The van der Waals surface area contributed by atoms with Crippen LogP contribution in [0.3, 0.4) is 0 Å². The van der Waals surface area contributed by atoms with E-state index in [1.807, 2.05) is 11.8 Å². The van der Waals surface area contributed by atoms with Crippen molar-refractivity contribution in [2.45, 2.75) is 58.4 Å². The maximum atomic E-state index is 12.2. The van der Waals surface area contributed by atoms with Crippen molar-refractivity contribution in [1.29, 1.82) is 0 Å². The Morgan fingerprint density at radius 1 is 1.44 bits per heavy atom. The van der Waals surface area contributed by atoms with Crippen LogP contribution in [0.4, 0.5) is 0 Å². The number of rotatable bonds is 6. The number of aliphatic hydroxyl groups is 1. The van der Waals surface area contributed by atoms with Crippen LogP contribution in [-0.2, 0) is 4.79 Å². The van der Waals surface area contributed by atoms with Crippen molar-refractivity contribution >= 4 is 5.91 Å². The van der Waals surface area contributed by atoms with Gasteiger partial charge in [0.05, 0.1) is 6.61 Å². The molecular formula is C13H25NO2. The highest BCUT2D eigenvalue weighted by atomic mass is 16.3. The largest absolute Gasteiger partial charge is 0.395 e. The van der Waals surface area contributed by atoms with Gasteiger partial charge in [-0.3, -0.25) is 4.79 Å². The molecule has 1 fully saturated rings. The highest BCUT2D eigenvalue weighted by Gasteiger charge is 2.28. The molecule has 0 spiro atoms. The first-order valence-electron chi connectivity index (χ1n) is 6.62. The van der Waals surface area contributed by atoms with Crippen molar-refractivity contribution in [3.05, 3.63) is 0 Å². The summed E-state index contributed by atoms with van der Waals surface area (Å²) in [7, 11) is 0. The Bertz CT molecular complexity index is 212. The molecule has 0 aliphatic heterocycles. The third kappa shape index (κ3) is 3.48. The first-order chi connectivity index (χ1) is 7.70. The molecule has 1 rings (SSSR count). The zero-order valence-electron chi connectivity index (χ0n) is 10.6. The quantitative estimate of drug-likeness (QED) is 0.755. The molecule has 0 aromatic heterocycles. The maximum absolute atomic E-state index is 12.2. The molecule has 1 atom stereocenters. The van der Waals surface area contributed by atoms with Gasteiger partial charge in [0.25, 0.3) is 0 Å². The number of carbonyl (C=O) groups excluding carboxylic acids is 1. The molecule has 0 aromatic carbocycles. The topological polar surface area (TPSA) is 40.5 Å². The Balaban J connectivity index is 2.56. The third-order valence-electron chi connectivity index (χ3n) is 3.53. The van der Waals surface area contributed by atoms with Gasteiger partial charge in [-0.2, -0.15) is 0 Å². The van der Waals surface area contributed by atoms with E-state index in [4.69, 9.17) is 5.11 Å². The van der Waals surface area contributed by atoms with E-state index < -0.39 is 0 Å². The summed E-state index contributed by atoms with van der Waals surface area (Å²) in [6.07, 6.45) is 6.68.